The van der Waals surface area contributed by atoms with E-state index in [1.54, 1.807) is 7.05 Å². The highest BCUT2D eigenvalue weighted by Gasteiger charge is 2.24. The highest BCUT2D eigenvalue weighted by molar-refractivity contribution is 5.93. The third kappa shape index (κ3) is 3.06. The summed E-state index contributed by atoms with van der Waals surface area (Å²) >= 11 is 0. The number of benzene rings is 1. The molecule has 0 radical (unpaired) electrons. The highest BCUT2D eigenvalue weighted by Crippen LogP contribution is 2.32. The number of morpholine rings is 1. The van der Waals surface area contributed by atoms with Crippen LogP contribution in [0.15, 0.2) is 29.1 Å². The fourth-order valence-corrected chi connectivity index (χ4v) is 3.38. The SMILES string of the molecule is Cn1nc(-c2n[nH]c3ccc(OC4CC4)cc23)cc(N2CCOCC2)c1=O. The second-order valence-corrected chi connectivity index (χ2v) is 7.04. The lowest BCUT2D eigenvalue weighted by atomic mass is 10.1. The van der Waals surface area contributed by atoms with Gasteiger partial charge in [-0.3, -0.25) is 9.89 Å². The van der Waals surface area contributed by atoms with Crippen molar-refractivity contribution >= 4 is 16.6 Å². The van der Waals surface area contributed by atoms with E-state index in [1.165, 1.54) is 4.68 Å². The van der Waals surface area contributed by atoms with Crippen LogP contribution in [0.3, 0.4) is 0 Å². The van der Waals surface area contributed by atoms with Crippen LogP contribution in [0.25, 0.3) is 22.3 Å². The molecule has 0 unspecified atom stereocenters. The number of hydrogen-bond acceptors (Lipinski definition) is 6. The number of aromatic nitrogens is 4. The van der Waals surface area contributed by atoms with Gasteiger partial charge < -0.3 is 14.4 Å². The first-order valence-electron chi connectivity index (χ1n) is 9.25. The molecule has 1 aliphatic carbocycles. The predicted octanol–water partition coefficient (Wildman–Crippen LogP) is 1.70. The van der Waals surface area contributed by atoms with Crippen LogP contribution < -0.4 is 15.2 Å². The van der Waals surface area contributed by atoms with E-state index in [2.05, 4.69) is 15.3 Å². The number of hydrogen-bond donors (Lipinski definition) is 1. The molecule has 2 fully saturated rings. The van der Waals surface area contributed by atoms with Crippen molar-refractivity contribution in [3.05, 3.63) is 34.6 Å². The van der Waals surface area contributed by atoms with E-state index in [0.717, 1.165) is 35.2 Å². The normalized spacial score (nSPS) is 17.4. The molecule has 1 aliphatic heterocycles. The number of H-pyrrole nitrogens is 1. The Hall–Kier alpha value is -2.87. The van der Waals surface area contributed by atoms with Gasteiger partial charge in [0.2, 0.25) is 0 Å². The first kappa shape index (κ1) is 16.3. The number of nitrogens with one attached hydrogen (secondary N) is 1. The van der Waals surface area contributed by atoms with E-state index in [9.17, 15) is 4.79 Å². The topological polar surface area (TPSA) is 85.3 Å². The van der Waals surface area contributed by atoms with Crippen molar-refractivity contribution in [3.8, 4) is 17.1 Å². The average molecular weight is 367 g/mol. The van der Waals surface area contributed by atoms with Gasteiger partial charge >= 0.3 is 0 Å². The second-order valence-electron chi connectivity index (χ2n) is 7.04. The zero-order chi connectivity index (χ0) is 18.4. The average Bonchev–Trinajstić information content (AvgIpc) is 3.40. The molecule has 0 atom stereocenters. The van der Waals surface area contributed by atoms with Crippen LogP contribution >= 0.6 is 0 Å². The van der Waals surface area contributed by atoms with E-state index in [1.807, 2.05) is 29.2 Å². The predicted molar refractivity (Wildman–Crippen MR) is 101 cm³/mol. The van der Waals surface area contributed by atoms with Crippen LogP contribution in [0.5, 0.6) is 5.75 Å². The van der Waals surface area contributed by atoms with Gasteiger partial charge in [0.25, 0.3) is 5.56 Å². The van der Waals surface area contributed by atoms with Gasteiger partial charge in [0.1, 0.15) is 22.8 Å². The van der Waals surface area contributed by atoms with Crippen molar-refractivity contribution in [2.75, 3.05) is 31.2 Å². The molecule has 2 aliphatic rings. The first-order valence-corrected chi connectivity index (χ1v) is 9.25. The van der Waals surface area contributed by atoms with Crippen molar-refractivity contribution in [3.63, 3.8) is 0 Å². The first-order chi connectivity index (χ1) is 13.2. The molecule has 1 saturated heterocycles. The van der Waals surface area contributed by atoms with E-state index < -0.39 is 0 Å². The van der Waals surface area contributed by atoms with Crippen molar-refractivity contribution in [2.45, 2.75) is 18.9 Å². The summed E-state index contributed by atoms with van der Waals surface area (Å²) in [5.41, 5.74) is 2.81. The van der Waals surface area contributed by atoms with Gasteiger partial charge in [-0.1, -0.05) is 0 Å². The fourth-order valence-electron chi connectivity index (χ4n) is 3.38. The Balaban J connectivity index is 1.59. The summed E-state index contributed by atoms with van der Waals surface area (Å²) in [4.78, 5) is 14.7. The summed E-state index contributed by atoms with van der Waals surface area (Å²) in [7, 11) is 1.67. The summed E-state index contributed by atoms with van der Waals surface area (Å²) in [6.07, 6.45) is 2.56. The van der Waals surface area contributed by atoms with Crippen molar-refractivity contribution in [2.24, 2.45) is 7.05 Å². The van der Waals surface area contributed by atoms with Gasteiger partial charge in [0.05, 0.1) is 24.8 Å². The minimum Gasteiger partial charge on any atom is -0.490 e. The van der Waals surface area contributed by atoms with Crippen LogP contribution in [-0.2, 0) is 11.8 Å². The Labute approximate surface area is 155 Å². The number of rotatable bonds is 4. The lowest BCUT2D eigenvalue weighted by molar-refractivity contribution is 0.122. The van der Waals surface area contributed by atoms with Gasteiger partial charge in [-0.15, -0.1) is 0 Å². The quantitative estimate of drug-likeness (QED) is 0.756. The van der Waals surface area contributed by atoms with Crippen molar-refractivity contribution in [1.82, 2.24) is 20.0 Å². The monoisotopic (exact) mass is 367 g/mol. The van der Waals surface area contributed by atoms with Gasteiger partial charge in [-0.25, -0.2) is 4.68 Å². The van der Waals surface area contributed by atoms with Crippen LogP contribution in [-0.4, -0.2) is 52.4 Å². The summed E-state index contributed by atoms with van der Waals surface area (Å²) < 4.78 is 12.7. The molecule has 8 heteroatoms. The molecule has 1 N–H and O–H groups in total. The molecule has 27 heavy (non-hydrogen) atoms. The Bertz CT molecular complexity index is 1050. The lowest BCUT2D eigenvalue weighted by Crippen LogP contribution is -2.40. The molecule has 0 spiro atoms. The number of fused-ring (bicyclic) bond motifs is 1. The standard InChI is InChI=1S/C19H21N5O3/c1-23-19(25)17(24-6-8-26-9-7-24)11-16(22-23)18-14-10-13(27-12-2-3-12)4-5-15(14)20-21-18/h4-5,10-12H,2-3,6-9H2,1H3,(H,20,21). The molecule has 1 saturated carbocycles. The van der Waals surface area contributed by atoms with E-state index in [0.29, 0.717) is 43.8 Å². The largest absolute Gasteiger partial charge is 0.490 e. The number of aromatic amines is 1. The highest BCUT2D eigenvalue weighted by atomic mass is 16.5. The summed E-state index contributed by atoms with van der Waals surface area (Å²) in [6, 6.07) is 7.75. The van der Waals surface area contributed by atoms with Crippen LogP contribution in [0, 0.1) is 0 Å². The smallest absolute Gasteiger partial charge is 0.290 e. The summed E-state index contributed by atoms with van der Waals surface area (Å²) in [6.45, 7) is 2.63. The van der Waals surface area contributed by atoms with Crippen LogP contribution in [0.4, 0.5) is 5.69 Å². The van der Waals surface area contributed by atoms with E-state index in [-0.39, 0.29) is 5.56 Å². The molecule has 3 heterocycles. The van der Waals surface area contributed by atoms with Gasteiger partial charge in [0.15, 0.2) is 0 Å². The Morgan fingerprint density at radius 1 is 1.22 bits per heavy atom. The third-order valence-electron chi connectivity index (χ3n) is 5.00. The van der Waals surface area contributed by atoms with Crippen LogP contribution in [0.1, 0.15) is 12.8 Å². The summed E-state index contributed by atoms with van der Waals surface area (Å²) in [5, 5.41) is 12.9. The minimum atomic E-state index is -0.113. The number of ether oxygens (including phenoxy) is 2. The molecule has 3 aromatic rings. The fraction of sp³-hybridized carbons (Fsp3) is 0.421. The Morgan fingerprint density at radius 3 is 2.81 bits per heavy atom. The van der Waals surface area contributed by atoms with Crippen LogP contribution in [0.2, 0.25) is 0 Å². The molecular weight excluding hydrogens is 346 g/mol. The van der Waals surface area contributed by atoms with Crippen molar-refractivity contribution < 1.29 is 9.47 Å². The minimum absolute atomic E-state index is 0.113. The lowest BCUT2D eigenvalue weighted by Gasteiger charge is -2.28. The maximum absolute atomic E-state index is 12.6. The van der Waals surface area contributed by atoms with Gasteiger partial charge in [-0.2, -0.15) is 10.2 Å². The summed E-state index contributed by atoms with van der Waals surface area (Å²) in [5.74, 6) is 0.839. The maximum Gasteiger partial charge on any atom is 0.290 e. The molecule has 0 amide bonds. The zero-order valence-electron chi connectivity index (χ0n) is 15.1. The molecule has 140 valence electrons. The molecule has 5 rings (SSSR count). The molecule has 8 nitrogen and oxygen atoms in total. The van der Waals surface area contributed by atoms with Gasteiger partial charge in [0, 0.05) is 25.5 Å². The number of aryl methyl sites for hydroxylation is 1. The molecule has 0 bridgehead atoms. The van der Waals surface area contributed by atoms with E-state index >= 15 is 0 Å². The number of anilines is 1. The maximum atomic E-state index is 12.6. The second kappa shape index (κ2) is 6.38. The Kier molecular flexibility index (Phi) is 3.86. The Morgan fingerprint density at radius 2 is 2.04 bits per heavy atom. The molecular formula is C19H21N5O3. The van der Waals surface area contributed by atoms with Gasteiger partial charge in [-0.05, 0) is 37.1 Å². The third-order valence-corrected chi connectivity index (χ3v) is 5.00. The zero-order valence-corrected chi connectivity index (χ0v) is 15.1. The number of nitrogens with zero attached hydrogens (tertiary/aromatic N) is 4. The molecule has 2 aromatic heterocycles. The van der Waals surface area contributed by atoms with E-state index in [4.69, 9.17) is 9.47 Å². The molecule has 1 aromatic carbocycles. The van der Waals surface area contributed by atoms with Crippen molar-refractivity contribution in [1.29, 1.82) is 0 Å².